The molecule has 69 heavy (non-hydrogen) atoms. The number of fused-ring (bicyclic) bond motifs is 5. The van der Waals surface area contributed by atoms with Crippen LogP contribution in [-0.2, 0) is 52.3 Å². The highest BCUT2D eigenvalue weighted by Gasteiger charge is 2.71. The normalized spacial score (nSPS) is 28.3. The fraction of sp³-hybridized carbons (Fsp3) is 0.596. The van der Waals surface area contributed by atoms with Crippen LogP contribution in [0.3, 0.4) is 0 Å². The van der Waals surface area contributed by atoms with Crippen LogP contribution >= 0.6 is 0 Å². The van der Waals surface area contributed by atoms with Gasteiger partial charge < -0.3 is 58.7 Å². The van der Waals surface area contributed by atoms with E-state index in [4.69, 9.17) is 44.8 Å². The van der Waals surface area contributed by atoms with Crippen LogP contribution in [0.1, 0.15) is 97.6 Å². The zero-order chi connectivity index (χ0) is 50.9. The average Bonchev–Trinajstić information content (AvgIpc) is 3.28. The van der Waals surface area contributed by atoms with Gasteiger partial charge in [-0.25, -0.2) is 14.4 Å². The lowest BCUT2D eigenvalue weighted by Crippen LogP contribution is -2.73. The molecule has 2 bridgehead atoms. The molecule has 0 radical (unpaired) electrons. The van der Waals surface area contributed by atoms with Gasteiger partial charge in [-0.15, -0.1) is 0 Å². The molecule has 11 atom stereocenters. The molecule has 5 unspecified atom stereocenters. The monoisotopic (exact) mass is 969 g/mol. The summed E-state index contributed by atoms with van der Waals surface area (Å²) in [6.45, 7) is 18.9. The molecule has 0 spiro atoms. The van der Waals surface area contributed by atoms with Crippen molar-refractivity contribution < 1.29 is 72.1 Å². The SMILES string of the molecule is C.C=C1C(OC)C2=C(C)[C@@H](OC(=O)C(OC(=O)CNC)[C@@H](NC(=O)OC(C)(C)C)c3ccccc3)CC(O)([C@@H](OC(=O)c3ccccc3)C3[C@@H]4CO[C@@H]4C[C@H](OC)C13C)C2(C)C.CO.COC(C)=O. The number of aliphatic hydroxyl groups excluding tert-OH is 1. The number of ether oxygens (including phenoxy) is 8. The lowest BCUT2D eigenvalue weighted by molar-refractivity contribution is -0.278. The minimum Gasteiger partial charge on any atom is -0.469 e. The highest BCUT2D eigenvalue weighted by Crippen LogP contribution is 2.65. The lowest BCUT2D eigenvalue weighted by Gasteiger charge is -2.66. The van der Waals surface area contributed by atoms with E-state index in [1.807, 2.05) is 20.8 Å². The van der Waals surface area contributed by atoms with E-state index in [1.165, 1.54) is 14.0 Å². The second kappa shape index (κ2) is 24.1. The van der Waals surface area contributed by atoms with Gasteiger partial charge in [0, 0.05) is 63.8 Å². The molecule has 1 saturated heterocycles. The van der Waals surface area contributed by atoms with Crippen LogP contribution in [-0.4, -0.2) is 137 Å². The molecule has 1 amide bonds. The number of alkyl carbamates (subject to hydrolysis) is 1. The summed E-state index contributed by atoms with van der Waals surface area (Å²) in [5.41, 5.74) is -2.38. The van der Waals surface area contributed by atoms with Gasteiger partial charge >= 0.3 is 30.0 Å². The molecule has 3 aliphatic carbocycles. The Morgan fingerprint density at radius 3 is 2.00 bits per heavy atom. The van der Waals surface area contributed by atoms with Crippen LogP contribution in [0.4, 0.5) is 4.79 Å². The number of carbonyl (C=O) groups is 5. The van der Waals surface area contributed by atoms with E-state index in [0.717, 1.165) is 7.11 Å². The van der Waals surface area contributed by atoms with Crippen molar-refractivity contribution in [3.05, 3.63) is 95.1 Å². The average molecular weight is 969 g/mol. The minimum atomic E-state index is -1.93. The fourth-order valence-electron chi connectivity index (χ4n) is 10.2. The Labute approximate surface area is 407 Å². The molecule has 6 rings (SSSR count). The van der Waals surface area contributed by atoms with E-state index in [2.05, 4.69) is 15.4 Å². The van der Waals surface area contributed by atoms with Crippen molar-refractivity contribution in [2.45, 2.75) is 130 Å². The van der Waals surface area contributed by atoms with Gasteiger partial charge in [-0.1, -0.05) is 83.3 Å². The highest BCUT2D eigenvalue weighted by atomic mass is 16.6. The number of nitrogens with one attached hydrogen (secondary N) is 2. The fourth-order valence-corrected chi connectivity index (χ4v) is 10.2. The van der Waals surface area contributed by atoms with Gasteiger partial charge in [-0.3, -0.25) is 9.59 Å². The van der Waals surface area contributed by atoms with Crippen LogP contribution in [0.2, 0.25) is 0 Å². The quantitative estimate of drug-likeness (QED) is 0.108. The van der Waals surface area contributed by atoms with Gasteiger partial charge in [0.1, 0.15) is 35.6 Å². The Balaban J connectivity index is 0.00000148. The summed E-state index contributed by atoms with van der Waals surface area (Å²) in [7, 11) is 7.10. The first-order valence-electron chi connectivity index (χ1n) is 22.6. The van der Waals surface area contributed by atoms with Crippen LogP contribution in [0.5, 0.6) is 0 Å². The topological polar surface area (TPSA) is 224 Å². The molecule has 0 aromatic heterocycles. The number of amides is 1. The van der Waals surface area contributed by atoms with Crippen molar-refractivity contribution in [2.24, 2.45) is 22.7 Å². The predicted molar refractivity (Wildman–Crippen MR) is 257 cm³/mol. The molecule has 2 aromatic rings. The van der Waals surface area contributed by atoms with Gasteiger partial charge in [0.05, 0.1) is 38.0 Å². The molecule has 17 nitrogen and oxygen atoms in total. The maximum atomic E-state index is 14.9. The maximum Gasteiger partial charge on any atom is 0.408 e. The Morgan fingerprint density at radius 2 is 1.51 bits per heavy atom. The van der Waals surface area contributed by atoms with Gasteiger partial charge in [-0.05, 0) is 69.2 Å². The predicted octanol–water partition coefficient (Wildman–Crippen LogP) is 6.06. The van der Waals surface area contributed by atoms with E-state index in [-0.39, 0.29) is 38.4 Å². The van der Waals surface area contributed by atoms with Crippen LogP contribution in [0.15, 0.2) is 84.0 Å². The van der Waals surface area contributed by atoms with Gasteiger partial charge in [0.15, 0.2) is 0 Å². The van der Waals surface area contributed by atoms with Crippen LogP contribution < -0.4 is 10.6 Å². The van der Waals surface area contributed by atoms with Gasteiger partial charge in [0.25, 0.3) is 0 Å². The first-order chi connectivity index (χ1) is 32.0. The number of methoxy groups -OCH3 is 3. The van der Waals surface area contributed by atoms with Crippen LogP contribution in [0.25, 0.3) is 0 Å². The molecule has 2 aromatic carbocycles. The molecule has 2 saturated carbocycles. The number of benzene rings is 2. The largest absolute Gasteiger partial charge is 0.469 e. The third kappa shape index (κ3) is 12.2. The maximum absolute atomic E-state index is 14.9. The van der Waals surface area contributed by atoms with E-state index in [9.17, 15) is 29.1 Å². The number of aliphatic hydroxyl groups is 2. The highest BCUT2D eigenvalue weighted by molar-refractivity contribution is 5.89. The van der Waals surface area contributed by atoms with Crippen molar-refractivity contribution in [2.75, 3.05) is 48.6 Å². The molecule has 1 heterocycles. The van der Waals surface area contributed by atoms with Crippen molar-refractivity contribution in [1.29, 1.82) is 0 Å². The summed E-state index contributed by atoms with van der Waals surface area (Å²) in [5, 5.41) is 26.2. The Morgan fingerprint density at radius 1 is 0.928 bits per heavy atom. The Kier molecular flexibility index (Phi) is 20.3. The molecule has 1 aliphatic heterocycles. The third-order valence-electron chi connectivity index (χ3n) is 13.7. The second-order valence-corrected chi connectivity index (χ2v) is 19.1. The standard InChI is InChI=1S/C47H62N2O12.C3H6O2.CH4O.CH4/c1-26-32(58-42(52)39(59-34(50)24-48-9)37(28-18-14-12-15-19-28)49-43(53)61-44(3,4)5)23-47(54)40(60-41(51)29-20-16-13-17-21-29)36-30-25-57-31(30)22-33(55-10)46(36,8)27(2)38(56-11)35(26)45(47,6)7;1-3(4)5-2;1-2;/h12-21,30-33,36-40,48,54H,2,22-25H2,1,3-11H3,(H,49,53);1-2H3;2H,1H3;1H4/t30-,31-,32+,33+,36?,37+,38?,39?,40+,46?,47?;;;/m1.../s1. The van der Waals surface area contributed by atoms with Crippen molar-refractivity contribution >= 4 is 30.0 Å². The third-order valence-corrected chi connectivity index (χ3v) is 13.7. The zero-order valence-corrected chi connectivity index (χ0v) is 41.7. The minimum absolute atomic E-state index is 0. The summed E-state index contributed by atoms with van der Waals surface area (Å²) >= 11 is 0. The number of hydrogen-bond donors (Lipinski definition) is 4. The second-order valence-electron chi connectivity index (χ2n) is 19.1. The van der Waals surface area contributed by atoms with Crippen molar-refractivity contribution in [3.63, 3.8) is 0 Å². The molecule has 3 fully saturated rings. The Hall–Kier alpha value is -5.17. The number of rotatable bonds is 12. The van der Waals surface area contributed by atoms with E-state index in [1.54, 1.807) is 110 Å². The summed E-state index contributed by atoms with van der Waals surface area (Å²) in [6.07, 6.45) is -6.16. The van der Waals surface area contributed by atoms with Gasteiger partial charge in [-0.2, -0.15) is 0 Å². The zero-order valence-electron chi connectivity index (χ0n) is 41.7. The van der Waals surface area contributed by atoms with Crippen molar-refractivity contribution in [3.8, 4) is 0 Å². The number of likely N-dealkylation sites (N-methyl/N-ethyl adjacent to an activating group) is 1. The Bertz CT molecular complexity index is 2120. The summed E-state index contributed by atoms with van der Waals surface area (Å²) in [5.74, 6) is -3.44. The van der Waals surface area contributed by atoms with Crippen molar-refractivity contribution in [1.82, 2.24) is 10.6 Å². The van der Waals surface area contributed by atoms with E-state index >= 15 is 0 Å². The summed E-state index contributed by atoms with van der Waals surface area (Å²) in [4.78, 5) is 65.3. The van der Waals surface area contributed by atoms with E-state index in [0.29, 0.717) is 40.9 Å². The number of hydrogen-bond acceptors (Lipinski definition) is 16. The molecule has 384 valence electrons. The van der Waals surface area contributed by atoms with E-state index < -0.39 is 88.5 Å². The lowest BCUT2D eigenvalue weighted by atomic mass is 9.45. The molecular formula is C52H76N2O15. The first-order valence-corrected chi connectivity index (χ1v) is 22.6. The number of esters is 4. The van der Waals surface area contributed by atoms with Crippen LogP contribution in [0, 0.1) is 22.7 Å². The molecule has 17 heteroatoms. The summed E-state index contributed by atoms with van der Waals surface area (Å²) in [6, 6.07) is 15.9. The van der Waals surface area contributed by atoms with Gasteiger partial charge in [0.2, 0.25) is 6.10 Å². The number of carbonyl (C=O) groups excluding carboxylic acids is 5. The molecule has 4 N–H and O–H groups in total. The summed E-state index contributed by atoms with van der Waals surface area (Å²) < 4.78 is 47.3. The molecule has 4 aliphatic rings. The first kappa shape index (κ1) is 58.1. The molecular weight excluding hydrogens is 893 g/mol. The smallest absolute Gasteiger partial charge is 0.408 e.